The summed E-state index contributed by atoms with van der Waals surface area (Å²) in [6, 6.07) is 10.9. The molecular weight excluding hydrogens is 330 g/mol. The lowest BCUT2D eigenvalue weighted by atomic mass is 10.1. The van der Waals surface area contributed by atoms with Gasteiger partial charge >= 0.3 is 0 Å². The number of carbonyl (C=O) groups is 1. The highest BCUT2D eigenvalue weighted by Gasteiger charge is 2.17. The number of rotatable bonds is 6. The first kappa shape index (κ1) is 18.1. The molecule has 0 saturated heterocycles. The van der Waals surface area contributed by atoms with Crippen molar-refractivity contribution in [3.63, 3.8) is 0 Å². The van der Waals surface area contributed by atoms with Crippen LogP contribution < -0.4 is 19.5 Å². The monoisotopic (exact) mass is 355 g/mol. The summed E-state index contributed by atoms with van der Waals surface area (Å²) in [5.41, 5.74) is 2.04. The standard InChI is InChI=1S/C21H25NO4/c1-14-19(24-2)11-15(12-20(14)25-3)21(23)22-16-7-6-10-18(13-16)26-17-8-4-5-9-17/h6-7,10-13,17H,4-5,8-9H2,1-3H3,(H,22,23). The maximum atomic E-state index is 12.7. The van der Waals surface area contributed by atoms with Crippen LogP contribution in [-0.2, 0) is 0 Å². The molecule has 1 saturated carbocycles. The van der Waals surface area contributed by atoms with Crippen LogP contribution in [0.15, 0.2) is 36.4 Å². The van der Waals surface area contributed by atoms with Gasteiger partial charge in [-0.25, -0.2) is 0 Å². The lowest BCUT2D eigenvalue weighted by Crippen LogP contribution is -2.14. The average molecular weight is 355 g/mol. The zero-order valence-electron chi connectivity index (χ0n) is 15.5. The van der Waals surface area contributed by atoms with E-state index >= 15 is 0 Å². The van der Waals surface area contributed by atoms with Gasteiger partial charge < -0.3 is 19.5 Å². The minimum atomic E-state index is -0.223. The Balaban J connectivity index is 1.75. The van der Waals surface area contributed by atoms with Gasteiger partial charge in [-0.15, -0.1) is 0 Å². The molecule has 0 heterocycles. The third kappa shape index (κ3) is 4.10. The third-order valence-corrected chi connectivity index (χ3v) is 4.71. The summed E-state index contributed by atoms with van der Waals surface area (Å²) in [4.78, 5) is 12.7. The Morgan fingerprint density at radius 2 is 1.69 bits per heavy atom. The summed E-state index contributed by atoms with van der Waals surface area (Å²) < 4.78 is 16.7. The van der Waals surface area contributed by atoms with Crippen molar-refractivity contribution in [1.82, 2.24) is 0 Å². The largest absolute Gasteiger partial charge is 0.496 e. The molecule has 1 amide bonds. The van der Waals surface area contributed by atoms with Crippen LogP contribution in [0.1, 0.15) is 41.6 Å². The Morgan fingerprint density at radius 3 is 2.31 bits per heavy atom. The van der Waals surface area contributed by atoms with Crippen LogP contribution in [0.4, 0.5) is 5.69 Å². The molecule has 138 valence electrons. The number of amides is 1. The van der Waals surface area contributed by atoms with Gasteiger partial charge in [-0.05, 0) is 56.9 Å². The van der Waals surface area contributed by atoms with Crippen molar-refractivity contribution in [3.05, 3.63) is 47.5 Å². The molecule has 2 aromatic carbocycles. The number of benzene rings is 2. The van der Waals surface area contributed by atoms with E-state index in [-0.39, 0.29) is 12.0 Å². The van der Waals surface area contributed by atoms with Crippen molar-refractivity contribution < 1.29 is 19.0 Å². The van der Waals surface area contributed by atoms with Gasteiger partial charge in [-0.2, -0.15) is 0 Å². The lowest BCUT2D eigenvalue weighted by molar-refractivity contribution is 0.102. The summed E-state index contributed by atoms with van der Waals surface area (Å²) in [5.74, 6) is 1.80. The molecule has 1 aliphatic rings. The average Bonchev–Trinajstić information content (AvgIpc) is 3.15. The van der Waals surface area contributed by atoms with Crippen molar-refractivity contribution in [3.8, 4) is 17.2 Å². The van der Waals surface area contributed by atoms with Crippen molar-refractivity contribution in [2.75, 3.05) is 19.5 Å². The Morgan fingerprint density at radius 1 is 1.04 bits per heavy atom. The number of hydrogen-bond donors (Lipinski definition) is 1. The summed E-state index contributed by atoms with van der Waals surface area (Å²) in [5, 5.41) is 2.92. The maximum absolute atomic E-state index is 12.7. The number of carbonyl (C=O) groups excluding carboxylic acids is 1. The SMILES string of the molecule is COc1cc(C(=O)Nc2cccc(OC3CCCC3)c2)cc(OC)c1C. The topological polar surface area (TPSA) is 56.8 Å². The maximum Gasteiger partial charge on any atom is 0.255 e. The summed E-state index contributed by atoms with van der Waals surface area (Å²) in [7, 11) is 3.15. The molecule has 0 atom stereocenters. The molecular formula is C21H25NO4. The second kappa shape index (κ2) is 8.13. The molecule has 26 heavy (non-hydrogen) atoms. The van der Waals surface area contributed by atoms with E-state index in [1.165, 1.54) is 12.8 Å². The second-order valence-corrected chi connectivity index (χ2v) is 6.51. The van der Waals surface area contributed by atoms with Crippen LogP contribution in [-0.4, -0.2) is 26.2 Å². The number of anilines is 1. The molecule has 0 bridgehead atoms. The number of methoxy groups -OCH3 is 2. The third-order valence-electron chi connectivity index (χ3n) is 4.71. The van der Waals surface area contributed by atoms with Gasteiger partial charge in [0.15, 0.2) is 0 Å². The van der Waals surface area contributed by atoms with E-state index in [1.807, 2.05) is 31.2 Å². The van der Waals surface area contributed by atoms with Crippen molar-refractivity contribution in [1.29, 1.82) is 0 Å². The number of nitrogens with one attached hydrogen (secondary N) is 1. The first-order valence-electron chi connectivity index (χ1n) is 8.91. The molecule has 0 aliphatic heterocycles. The van der Waals surface area contributed by atoms with Crippen LogP contribution >= 0.6 is 0 Å². The van der Waals surface area contributed by atoms with E-state index < -0.39 is 0 Å². The van der Waals surface area contributed by atoms with Gasteiger partial charge in [0.1, 0.15) is 17.2 Å². The molecule has 5 heteroatoms. The van der Waals surface area contributed by atoms with Crippen molar-refractivity contribution in [2.24, 2.45) is 0 Å². The molecule has 2 aromatic rings. The van der Waals surface area contributed by atoms with Crippen LogP contribution in [0.3, 0.4) is 0 Å². The van der Waals surface area contributed by atoms with E-state index in [1.54, 1.807) is 26.4 Å². The fourth-order valence-electron chi connectivity index (χ4n) is 3.27. The van der Waals surface area contributed by atoms with E-state index in [0.717, 1.165) is 24.2 Å². The van der Waals surface area contributed by atoms with Crippen LogP contribution in [0.5, 0.6) is 17.2 Å². The first-order chi connectivity index (χ1) is 12.6. The van der Waals surface area contributed by atoms with Crippen LogP contribution in [0.2, 0.25) is 0 Å². The molecule has 0 radical (unpaired) electrons. The van der Waals surface area contributed by atoms with E-state index in [0.29, 0.717) is 22.7 Å². The van der Waals surface area contributed by atoms with Gasteiger partial charge in [0.05, 0.1) is 20.3 Å². The minimum Gasteiger partial charge on any atom is -0.496 e. The molecule has 1 aliphatic carbocycles. The van der Waals surface area contributed by atoms with Crippen molar-refractivity contribution >= 4 is 11.6 Å². The van der Waals surface area contributed by atoms with Gasteiger partial charge in [0.2, 0.25) is 0 Å². The fraction of sp³-hybridized carbons (Fsp3) is 0.381. The molecule has 3 rings (SSSR count). The zero-order valence-corrected chi connectivity index (χ0v) is 15.5. The van der Waals surface area contributed by atoms with Gasteiger partial charge in [-0.1, -0.05) is 6.07 Å². The van der Waals surface area contributed by atoms with Gasteiger partial charge in [0.25, 0.3) is 5.91 Å². The number of ether oxygens (including phenoxy) is 3. The molecule has 1 fully saturated rings. The van der Waals surface area contributed by atoms with E-state index in [4.69, 9.17) is 14.2 Å². The molecule has 0 aromatic heterocycles. The van der Waals surface area contributed by atoms with Gasteiger partial charge in [0, 0.05) is 22.9 Å². The first-order valence-corrected chi connectivity index (χ1v) is 8.91. The Kier molecular flexibility index (Phi) is 5.66. The Labute approximate surface area is 154 Å². The highest BCUT2D eigenvalue weighted by molar-refractivity contribution is 6.05. The fourth-order valence-corrected chi connectivity index (χ4v) is 3.27. The quantitative estimate of drug-likeness (QED) is 0.824. The van der Waals surface area contributed by atoms with Crippen LogP contribution in [0.25, 0.3) is 0 Å². The molecule has 0 spiro atoms. The molecule has 1 N–H and O–H groups in total. The predicted molar refractivity (Wildman–Crippen MR) is 102 cm³/mol. The molecule has 5 nitrogen and oxygen atoms in total. The Hall–Kier alpha value is -2.69. The highest BCUT2D eigenvalue weighted by Crippen LogP contribution is 2.30. The molecule has 0 unspecified atom stereocenters. The minimum absolute atomic E-state index is 0.223. The predicted octanol–water partition coefficient (Wildman–Crippen LogP) is 4.59. The summed E-state index contributed by atoms with van der Waals surface area (Å²) >= 11 is 0. The highest BCUT2D eigenvalue weighted by atomic mass is 16.5. The normalized spacial score (nSPS) is 14.1. The van der Waals surface area contributed by atoms with Crippen LogP contribution in [0, 0.1) is 6.92 Å². The number of hydrogen-bond acceptors (Lipinski definition) is 4. The Bertz CT molecular complexity index is 756. The second-order valence-electron chi connectivity index (χ2n) is 6.51. The van der Waals surface area contributed by atoms with E-state index in [9.17, 15) is 4.79 Å². The van der Waals surface area contributed by atoms with Gasteiger partial charge in [-0.3, -0.25) is 4.79 Å². The zero-order chi connectivity index (χ0) is 18.5. The smallest absolute Gasteiger partial charge is 0.255 e. The lowest BCUT2D eigenvalue weighted by Gasteiger charge is -2.15. The summed E-state index contributed by atoms with van der Waals surface area (Å²) in [6.45, 7) is 1.89. The van der Waals surface area contributed by atoms with Crippen molar-refractivity contribution in [2.45, 2.75) is 38.7 Å². The summed E-state index contributed by atoms with van der Waals surface area (Å²) in [6.07, 6.45) is 4.92. The van der Waals surface area contributed by atoms with E-state index in [2.05, 4.69) is 5.32 Å².